The van der Waals surface area contributed by atoms with Crippen molar-refractivity contribution in [1.29, 1.82) is 0 Å². The number of amides is 1. The molecule has 31 heavy (non-hydrogen) atoms. The van der Waals surface area contributed by atoms with Gasteiger partial charge in [-0.2, -0.15) is 0 Å². The number of nitro groups is 1. The fraction of sp³-hybridized carbons (Fsp3) is 0.600. The Hall–Kier alpha value is -2.69. The molecule has 1 aliphatic rings. The van der Waals surface area contributed by atoms with E-state index < -0.39 is 49.6 Å². The van der Waals surface area contributed by atoms with Crippen LogP contribution in [-0.2, 0) is 24.1 Å². The third kappa shape index (κ3) is 5.15. The van der Waals surface area contributed by atoms with Gasteiger partial charge in [0.05, 0.1) is 34.1 Å². The number of likely N-dealkylation sites (tertiary alicyclic amines) is 1. The molecule has 1 fully saturated rings. The molecule has 1 heterocycles. The molecule has 2 atom stereocenters. The molecule has 2 unspecified atom stereocenters. The number of methoxy groups -OCH3 is 1. The Morgan fingerprint density at radius 3 is 2.35 bits per heavy atom. The minimum atomic E-state index is -3.88. The van der Waals surface area contributed by atoms with Gasteiger partial charge in [0.25, 0.3) is 5.69 Å². The lowest BCUT2D eigenvalue weighted by molar-refractivity contribution is -0.385. The lowest BCUT2D eigenvalue weighted by Gasteiger charge is -2.31. The average molecular weight is 457 g/mol. The van der Waals surface area contributed by atoms with Crippen molar-refractivity contribution >= 4 is 27.6 Å². The molecule has 1 saturated heterocycles. The Labute approximate surface area is 181 Å². The van der Waals surface area contributed by atoms with Crippen LogP contribution in [0.5, 0.6) is 0 Å². The molecule has 1 amide bonds. The number of nitrogens with zero attached hydrogens (tertiary/aromatic N) is 2. The molecule has 0 radical (unpaired) electrons. The summed E-state index contributed by atoms with van der Waals surface area (Å²) in [7, 11) is -2.69. The first-order valence-electron chi connectivity index (χ1n) is 9.80. The quantitative estimate of drug-likeness (QED) is 0.374. The van der Waals surface area contributed by atoms with Crippen LogP contribution in [-0.4, -0.2) is 54.8 Å². The van der Waals surface area contributed by atoms with E-state index in [1.807, 2.05) is 0 Å². The number of non-ortho nitro benzene ring substituents is 1. The third-order valence-corrected chi connectivity index (χ3v) is 7.21. The molecule has 0 aromatic heterocycles. The summed E-state index contributed by atoms with van der Waals surface area (Å²) in [5.41, 5.74) is -1.18. The van der Waals surface area contributed by atoms with Gasteiger partial charge in [-0.25, -0.2) is 13.2 Å². The van der Waals surface area contributed by atoms with Crippen molar-refractivity contribution in [3.05, 3.63) is 33.9 Å². The van der Waals surface area contributed by atoms with Crippen LogP contribution < -0.4 is 0 Å². The van der Waals surface area contributed by atoms with Gasteiger partial charge in [0.15, 0.2) is 9.84 Å². The number of hydrogen-bond donors (Lipinski definition) is 0. The van der Waals surface area contributed by atoms with Crippen molar-refractivity contribution in [2.24, 2.45) is 5.92 Å². The highest BCUT2D eigenvalue weighted by Crippen LogP contribution is 2.43. The average Bonchev–Trinajstić information content (AvgIpc) is 3.10. The smallest absolute Gasteiger partial charge is 0.410 e. The fourth-order valence-electron chi connectivity index (χ4n) is 3.49. The number of ether oxygens (including phenoxy) is 2. The normalized spacial score (nSPS) is 19.4. The Bertz CT molecular complexity index is 981. The Balaban J connectivity index is 2.75. The van der Waals surface area contributed by atoms with E-state index in [4.69, 9.17) is 9.47 Å². The van der Waals surface area contributed by atoms with Crippen LogP contribution >= 0.6 is 0 Å². The maximum atomic E-state index is 13.0. The lowest BCUT2D eigenvalue weighted by Crippen LogP contribution is -2.39. The number of carbonyl (C=O) groups excluding carboxylic acids is 2. The summed E-state index contributed by atoms with van der Waals surface area (Å²) in [6.45, 7) is 8.10. The van der Waals surface area contributed by atoms with Crippen molar-refractivity contribution < 1.29 is 32.4 Å². The maximum Gasteiger partial charge on any atom is 0.410 e. The van der Waals surface area contributed by atoms with E-state index in [-0.39, 0.29) is 29.1 Å². The van der Waals surface area contributed by atoms with Gasteiger partial charge in [-0.3, -0.25) is 14.9 Å². The molecule has 10 nitrogen and oxygen atoms in total. The molecular formula is C20H28N2O8S. The van der Waals surface area contributed by atoms with Crippen LogP contribution in [0.2, 0.25) is 0 Å². The first kappa shape index (κ1) is 24.6. The van der Waals surface area contributed by atoms with E-state index in [0.29, 0.717) is 0 Å². The minimum Gasteiger partial charge on any atom is -0.469 e. The Morgan fingerprint density at radius 2 is 1.87 bits per heavy atom. The number of rotatable bonds is 5. The molecule has 11 heteroatoms. The number of hydrogen-bond acceptors (Lipinski definition) is 8. The highest BCUT2D eigenvalue weighted by Gasteiger charge is 2.46. The van der Waals surface area contributed by atoms with Crippen LogP contribution in [0.3, 0.4) is 0 Å². The molecule has 0 spiro atoms. The monoisotopic (exact) mass is 456 g/mol. The zero-order valence-corrected chi connectivity index (χ0v) is 19.3. The van der Waals surface area contributed by atoms with E-state index >= 15 is 0 Å². The van der Waals surface area contributed by atoms with Gasteiger partial charge in [-0.05, 0) is 47.1 Å². The summed E-state index contributed by atoms with van der Waals surface area (Å²) in [6, 6.07) is 2.27. The molecular weight excluding hydrogens is 428 g/mol. The zero-order valence-electron chi connectivity index (χ0n) is 18.4. The van der Waals surface area contributed by atoms with Crippen molar-refractivity contribution in [1.82, 2.24) is 4.90 Å². The topological polar surface area (TPSA) is 133 Å². The van der Waals surface area contributed by atoms with E-state index in [0.717, 1.165) is 18.2 Å². The van der Waals surface area contributed by atoms with Gasteiger partial charge < -0.3 is 14.4 Å². The Kier molecular flexibility index (Phi) is 6.99. The fourth-order valence-corrected chi connectivity index (χ4v) is 4.77. The predicted molar refractivity (Wildman–Crippen MR) is 111 cm³/mol. The van der Waals surface area contributed by atoms with Crippen molar-refractivity contribution in [3.63, 3.8) is 0 Å². The van der Waals surface area contributed by atoms with Crippen molar-refractivity contribution in [3.8, 4) is 0 Å². The first-order valence-corrected chi connectivity index (χ1v) is 11.3. The van der Waals surface area contributed by atoms with Crippen LogP contribution in [0.4, 0.5) is 10.5 Å². The first-order chi connectivity index (χ1) is 14.2. The largest absolute Gasteiger partial charge is 0.469 e. The maximum absolute atomic E-state index is 13.0. The van der Waals surface area contributed by atoms with Crippen molar-refractivity contribution in [2.75, 3.05) is 13.7 Å². The second-order valence-corrected chi connectivity index (χ2v) is 11.1. The van der Waals surface area contributed by atoms with Crippen molar-refractivity contribution in [2.45, 2.75) is 62.8 Å². The summed E-state index contributed by atoms with van der Waals surface area (Å²) in [4.78, 5) is 37.2. The molecule has 0 N–H and O–H groups in total. The SMILES string of the molecule is COC(=O)C1CCN(C(=O)OC(C)(C)C)C1c1cc([N+](=O)[O-])ccc1S(=O)(=O)C(C)C. The standard InChI is InChI=1S/C20H28N2O8S/c1-12(2)31(27,28)16-8-7-13(22(25)26)11-15(16)17-14(18(23)29-6)9-10-21(17)19(24)30-20(3,4)5/h7-8,11-12,14,17H,9-10H2,1-6H3. The van der Waals surface area contributed by atoms with E-state index in [9.17, 15) is 28.1 Å². The van der Waals surface area contributed by atoms with Gasteiger partial charge in [0, 0.05) is 24.2 Å². The lowest BCUT2D eigenvalue weighted by atomic mass is 9.93. The minimum absolute atomic E-state index is 0.00154. The van der Waals surface area contributed by atoms with Crippen LogP contribution in [0.1, 0.15) is 52.6 Å². The van der Waals surface area contributed by atoms with Gasteiger partial charge >= 0.3 is 12.1 Å². The highest BCUT2D eigenvalue weighted by molar-refractivity contribution is 7.92. The Morgan fingerprint density at radius 1 is 1.26 bits per heavy atom. The highest BCUT2D eigenvalue weighted by atomic mass is 32.2. The summed E-state index contributed by atoms with van der Waals surface area (Å²) >= 11 is 0. The summed E-state index contributed by atoms with van der Waals surface area (Å²) in [5.74, 6) is -1.55. The number of nitro benzene ring substituents is 1. The molecule has 2 rings (SSSR count). The molecule has 1 aromatic rings. The second-order valence-electron chi connectivity index (χ2n) is 8.61. The summed E-state index contributed by atoms with van der Waals surface area (Å²) in [5, 5.41) is 10.6. The van der Waals surface area contributed by atoms with Gasteiger partial charge in [0.2, 0.25) is 0 Å². The molecule has 0 saturated carbocycles. The molecule has 1 aromatic carbocycles. The van der Waals surface area contributed by atoms with Crippen LogP contribution in [0.25, 0.3) is 0 Å². The summed E-state index contributed by atoms with van der Waals surface area (Å²) < 4.78 is 36.3. The van der Waals surface area contributed by atoms with Crippen LogP contribution in [0.15, 0.2) is 23.1 Å². The van der Waals surface area contributed by atoms with E-state index in [1.165, 1.54) is 25.9 Å². The van der Waals surface area contributed by atoms with Gasteiger partial charge in [-0.1, -0.05) is 0 Å². The van der Waals surface area contributed by atoms with Gasteiger partial charge in [-0.15, -0.1) is 0 Å². The third-order valence-electron chi connectivity index (χ3n) is 4.98. The number of esters is 1. The molecule has 0 aliphatic carbocycles. The molecule has 0 bridgehead atoms. The molecule has 1 aliphatic heterocycles. The van der Waals surface area contributed by atoms with E-state index in [1.54, 1.807) is 20.8 Å². The zero-order chi connectivity index (χ0) is 23.7. The number of benzene rings is 1. The number of sulfone groups is 1. The molecule has 172 valence electrons. The predicted octanol–water partition coefficient (Wildman–Crippen LogP) is 3.25. The van der Waals surface area contributed by atoms with Gasteiger partial charge in [0.1, 0.15) is 5.60 Å². The van der Waals surface area contributed by atoms with E-state index in [2.05, 4.69) is 0 Å². The second kappa shape index (κ2) is 8.81. The summed E-state index contributed by atoms with van der Waals surface area (Å²) in [6.07, 6.45) is -0.552. The van der Waals surface area contributed by atoms with Crippen LogP contribution in [0, 0.1) is 16.0 Å². The number of carbonyl (C=O) groups is 2.